The molecule has 1 N–H and O–H groups in total. The number of amides is 1. The molecule has 2 heterocycles. The average molecular weight is 418 g/mol. The van der Waals surface area contributed by atoms with Crippen molar-refractivity contribution in [1.29, 1.82) is 0 Å². The molecule has 1 aliphatic rings. The van der Waals surface area contributed by atoms with Gasteiger partial charge in [0.1, 0.15) is 0 Å². The van der Waals surface area contributed by atoms with Crippen molar-refractivity contribution in [1.82, 2.24) is 9.97 Å². The van der Waals surface area contributed by atoms with Crippen LogP contribution in [0.25, 0.3) is 22.7 Å². The predicted octanol–water partition coefficient (Wildman–Crippen LogP) is 5.99. The van der Waals surface area contributed by atoms with Gasteiger partial charge in [0.25, 0.3) is 0 Å². The van der Waals surface area contributed by atoms with E-state index in [1.54, 1.807) is 6.20 Å². The standard InChI is InChI=1S/C24H20ClN3O2/c25-18-10-8-17(9-11-18)24(12-1-2-13-24)23(29)27-19-6-3-5-16(15-19)22-28-21-20(30-22)7-4-14-26-21/h3-11,14-15H,1-2,12-13H2,(H,27,29). The lowest BCUT2D eigenvalue weighted by Gasteiger charge is -2.28. The number of aromatic nitrogens is 2. The van der Waals surface area contributed by atoms with Crippen LogP contribution in [0.5, 0.6) is 0 Å². The second-order valence-corrected chi connectivity index (χ2v) is 8.11. The SMILES string of the molecule is O=C(Nc1cccc(-c2nc3ncccc3o2)c1)C1(c2ccc(Cl)cc2)CCCC1. The smallest absolute Gasteiger partial charge is 0.235 e. The number of hydrogen-bond donors (Lipinski definition) is 1. The highest BCUT2D eigenvalue weighted by Crippen LogP contribution is 2.42. The van der Waals surface area contributed by atoms with Gasteiger partial charge in [0.05, 0.1) is 5.41 Å². The third kappa shape index (κ3) is 3.35. The molecule has 1 aliphatic carbocycles. The van der Waals surface area contributed by atoms with Crippen LogP contribution in [0.4, 0.5) is 5.69 Å². The van der Waals surface area contributed by atoms with Gasteiger partial charge in [-0.2, -0.15) is 4.98 Å². The van der Waals surface area contributed by atoms with Crippen LogP contribution >= 0.6 is 11.6 Å². The monoisotopic (exact) mass is 417 g/mol. The molecule has 150 valence electrons. The van der Waals surface area contributed by atoms with Crippen LogP contribution in [-0.4, -0.2) is 15.9 Å². The Labute approximate surface area is 179 Å². The Kier molecular flexibility index (Phi) is 4.75. The summed E-state index contributed by atoms with van der Waals surface area (Å²) in [5.74, 6) is 0.492. The molecule has 0 atom stereocenters. The average Bonchev–Trinajstić information content (AvgIpc) is 3.43. The Balaban J connectivity index is 1.44. The number of oxazole rings is 1. The normalized spacial score (nSPS) is 15.4. The minimum Gasteiger partial charge on any atom is -0.434 e. The zero-order valence-electron chi connectivity index (χ0n) is 16.3. The van der Waals surface area contributed by atoms with E-state index < -0.39 is 5.41 Å². The summed E-state index contributed by atoms with van der Waals surface area (Å²) in [5.41, 5.74) is 3.19. The van der Waals surface area contributed by atoms with Crippen LogP contribution in [0.15, 0.2) is 71.3 Å². The Hall–Kier alpha value is -3.18. The molecule has 0 bridgehead atoms. The second-order valence-electron chi connectivity index (χ2n) is 7.68. The minimum atomic E-state index is -0.526. The van der Waals surface area contributed by atoms with Crippen molar-refractivity contribution < 1.29 is 9.21 Å². The third-order valence-electron chi connectivity index (χ3n) is 5.82. The lowest BCUT2D eigenvalue weighted by Crippen LogP contribution is -2.37. The molecular formula is C24H20ClN3O2. The molecule has 30 heavy (non-hydrogen) atoms. The van der Waals surface area contributed by atoms with Crippen molar-refractivity contribution in [3.8, 4) is 11.5 Å². The molecule has 2 aromatic heterocycles. The molecule has 1 amide bonds. The first-order valence-corrected chi connectivity index (χ1v) is 10.4. The van der Waals surface area contributed by atoms with Gasteiger partial charge in [-0.15, -0.1) is 0 Å². The molecule has 0 saturated heterocycles. The molecule has 4 aromatic rings. The third-order valence-corrected chi connectivity index (χ3v) is 6.07. The molecule has 1 saturated carbocycles. The van der Waals surface area contributed by atoms with E-state index in [4.69, 9.17) is 16.0 Å². The summed E-state index contributed by atoms with van der Waals surface area (Å²) in [4.78, 5) is 22.1. The molecule has 6 heteroatoms. The van der Waals surface area contributed by atoms with Gasteiger partial charge in [0.15, 0.2) is 11.2 Å². The Morgan fingerprint density at radius 1 is 1.03 bits per heavy atom. The summed E-state index contributed by atoms with van der Waals surface area (Å²) in [7, 11) is 0. The number of anilines is 1. The fourth-order valence-electron chi connectivity index (χ4n) is 4.27. The van der Waals surface area contributed by atoms with Gasteiger partial charge in [0, 0.05) is 22.5 Å². The Morgan fingerprint density at radius 3 is 2.60 bits per heavy atom. The van der Waals surface area contributed by atoms with Crippen LogP contribution in [0.2, 0.25) is 5.02 Å². The summed E-state index contributed by atoms with van der Waals surface area (Å²) in [6, 6.07) is 18.8. The van der Waals surface area contributed by atoms with Gasteiger partial charge in [-0.1, -0.05) is 42.6 Å². The van der Waals surface area contributed by atoms with Gasteiger partial charge in [-0.3, -0.25) is 4.79 Å². The zero-order valence-corrected chi connectivity index (χ0v) is 17.0. The summed E-state index contributed by atoms with van der Waals surface area (Å²) < 4.78 is 5.82. The van der Waals surface area contributed by atoms with E-state index in [9.17, 15) is 4.79 Å². The Bertz CT molecular complexity index is 1180. The number of halogens is 1. The molecule has 0 radical (unpaired) electrons. The maximum absolute atomic E-state index is 13.4. The van der Waals surface area contributed by atoms with Crippen molar-refractivity contribution in [2.45, 2.75) is 31.1 Å². The molecule has 2 aromatic carbocycles. The number of nitrogens with one attached hydrogen (secondary N) is 1. The van der Waals surface area contributed by atoms with Crippen molar-refractivity contribution >= 4 is 34.4 Å². The number of rotatable bonds is 4. The van der Waals surface area contributed by atoms with Crippen LogP contribution in [0.1, 0.15) is 31.2 Å². The fourth-order valence-corrected chi connectivity index (χ4v) is 4.39. The summed E-state index contributed by atoms with van der Waals surface area (Å²) in [5, 5.41) is 3.80. The second kappa shape index (κ2) is 7.58. The van der Waals surface area contributed by atoms with Crippen molar-refractivity contribution in [2.75, 3.05) is 5.32 Å². The van der Waals surface area contributed by atoms with Gasteiger partial charge in [0.2, 0.25) is 11.8 Å². The quantitative estimate of drug-likeness (QED) is 0.442. The molecule has 5 nitrogen and oxygen atoms in total. The predicted molar refractivity (Wildman–Crippen MR) is 117 cm³/mol. The Morgan fingerprint density at radius 2 is 1.83 bits per heavy atom. The molecule has 1 fully saturated rings. The molecular weight excluding hydrogens is 398 g/mol. The number of hydrogen-bond acceptors (Lipinski definition) is 4. The number of pyridine rings is 1. The first-order chi connectivity index (χ1) is 14.6. The van der Waals surface area contributed by atoms with E-state index in [2.05, 4.69) is 15.3 Å². The highest BCUT2D eigenvalue weighted by Gasteiger charge is 2.42. The van der Waals surface area contributed by atoms with E-state index in [0.29, 0.717) is 27.8 Å². The van der Waals surface area contributed by atoms with Crippen molar-refractivity contribution in [2.24, 2.45) is 0 Å². The number of nitrogens with zero attached hydrogens (tertiary/aromatic N) is 2. The first kappa shape index (κ1) is 18.8. The lowest BCUT2D eigenvalue weighted by molar-refractivity contribution is -0.121. The lowest BCUT2D eigenvalue weighted by atomic mass is 9.78. The number of fused-ring (bicyclic) bond motifs is 1. The maximum atomic E-state index is 13.4. The van der Waals surface area contributed by atoms with Gasteiger partial charge < -0.3 is 9.73 Å². The van der Waals surface area contributed by atoms with Gasteiger partial charge in [-0.05, 0) is 60.9 Å². The van der Waals surface area contributed by atoms with E-state index in [1.165, 1.54) is 0 Å². The zero-order chi connectivity index (χ0) is 20.6. The van der Waals surface area contributed by atoms with E-state index in [-0.39, 0.29) is 5.91 Å². The highest BCUT2D eigenvalue weighted by atomic mass is 35.5. The van der Waals surface area contributed by atoms with Crippen LogP contribution in [-0.2, 0) is 10.2 Å². The molecule has 0 unspecified atom stereocenters. The van der Waals surface area contributed by atoms with Crippen LogP contribution in [0, 0.1) is 0 Å². The number of carbonyl (C=O) groups excluding carboxylic acids is 1. The minimum absolute atomic E-state index is 0.0127. The summed E-state index contributed by atoms with van der Waals surface area (Å²) in [6.07, 6.45) is 5.41. The first-order valence-electron chi connectivity index (χ1n) is 10.0. The molecule has 0 aliphatic heterocycles. The maximum Gasteiger partial charge on any atom is 0.235 e. The number of benzene rings is 2. The van der Waals surface area contributed by atoms with E-state index >= 15 is 0 Å². The summed E-state index contributed by atoms with van der Waals surface area (Å²) >= 11 is 6.06. The number of carbonyl (C=O) groups is 1. The van der Waals surface area contributed by atoms with Gasteiger partial charge in [-0.25, -0.2) is 4.98 Å². The summed E-state index contributed by atoms with van der Waals surface area (Å²) in [6.45, 7) is 0. The molecule has 0 spiro atoms. The van der Waals surface area contributed by atoms with Gasteiger partial charge >= 0.3 is 0 Å². The molecule has 5 rings (SSSR count). The van der Waals surface area contributed by atoms with E-state index in [0.717, 1.165) is 36.8 Å². The van der Waals surface area contributed by atoms with Crippen molar-refractivity contribution in [3.63, 3.8) is 0 Å². The fraction of sp³-hybridized carbons (Fsp3) is 0.208. The largest absolute Gasteiger partial charge is 0.434 e. The highest BCUT2D eigenvalue weighted by molar-refractivity contribution is 6.30. The van der Waals surface area contributed by atoms with E-state index in [1.807, 2.05) is 60.7 Å². The van der Waals surface area contributed by atoms with Crippen molar-refractivity contribution in [3.05, 3.63) is 77.4 Å². The van der Waals surface area contributed by atoms with Crippen LogP contribution < -0.4 is 5.32 Å². The topological polar surface area (TPSA) is 68.0 Å². The van der Waals surface area contributed by atoms with Crippen LogP contribution in [0.3, 0.4) is 0 Å².